The molecule has 110 valence electrons. The average molecular weight is 323 g/mol. The number of benzene rings is 2. The first kappa shape index (κ1) is 18.4. The first-order chi connectivity index (χ1) is 10.2. The van der Waals surface area contributed by atoms with Gasteiger partial charge in [0.2, 0.25) is 0 Å². The van der Waals surface area contributed by atoms with Crippen molar-refractivity contribution < 1.29 is 21.7 Å². The normalized spacial score (nSPS) is 12.3. The summed E-state index contributed by atoms with van der Waals surface area (Å²) in [7, 11) is 0. The van der Waals surface area contributed by atoms with Crippen molar-refractivity contribution >= 4 is 11.3 Å². The Morgan fingerprint density at radius 2 is 1.59 bits per heavy atom. The summed E-state index contributed by atoms with van der Waals surface area (Å²) in [5.74, 6) is 0. The van der Waals surface area contributed by atoms with E-state index < -0.39 is 0 Å². The van der Waals surface area contributed by atoms with Crippen LogP contribution in [0.15, 0.2) is 72.3 Å². The summed E-state index contributed by atoms with van der Waals surface area (Å²) in [6.07, 6.45) is 7.81. The van der Waals surface area contributed by atoms with Crippen molar-refractivity contribution in [2.24, 2.45) is 0 Å². The van der Waals surface area contributed by atoms with E-state index in [0.29, 0.717) is 5.69 Å². The van der Waals surface area contributed by atoms with Gasteiger partial charge in [-0.25, -0.2) is 0 Å². The van der Waals surface area contributed by atoms with Gasteiger partial charge < -0.3 is 5.73 Å². The van der Waals surface area contributed by atoms with Crippen LogP contribution in [0.3, 0.4) is 0 Å². The van der Waals surface area contributed by atoms with Gasteiger partial charge in [0.05, 0.1) is 0 Å². The number of hydrogen-bond donors (Lipinski definition) is 0. The Morgan fingerprint density at radius 1 is 0.955 bits per heavy atom. The summed E-state index contributed by atoms with van der Waals surface area (Å²) in [6, 6.07) is 17.7. The van der Waals surface area contributed by atoms with Crippen molar-refractivity contribution in [2.75, 3.05) is 0 Å². The van der Waals surface area contributed by atoms with Crippen LogP contribution in [-0.2, 0) is 21.7 Å². The van der Waals surface area contributed by atoms with E-state index in [1.54, 1.807) is 12.1 Å². The molecule has 1 aliphatic rings. The molecule has 0 saturated carbocycles. The minimum absolute atomic E-state index is 0. The summed E-state index contributed by atoms with van der Waals surface area (Å²) in [5.41, 5.74) is 13.1. The van der Waals surface area contributed by atoms with Crippen LogP contribution in [0.5, 0.6) is 0 Å². The topological polar surface area (TPSA) is 23.8 Å². The van der Waals surface area contributed by atoms with Crippen LogP contribution in [0.2, 0.25) is 0 Å². The van der Waals surface area contributed by atoms with Gasteiger partial charge in [0.15, 0.2) is 0 Å². The van der Waals surface area contributed by atoms with Gasteiger partial charge in [-0.1, -0.05) is 66.6 Å². The largest absolute Gasteiger partial charge is 2.00 e. The third-order valence-corrected chi connectivity index (χ3v) is 3.44. The third kappa shape index (κ3) is 5.25. The summed E-state index contributed by atoms with van der Waals surface area (Å²) >= 11 is 0. The van der Waals surface area contributed by atoms with E-state index in [1.807, 2.05) is 18.2 Å². The molecule has 0 spiro atoms. The van der Waals surface area contributed by atoms with Gasteiger partial charge in [0, 0.05) is 0 Å². The van der Waals surface area contributed by atoms with Crippen LogP contribution in [0.1, 0.15) is 31.4 Å². The molecule has 2 heteroatoms. The van der Waals surface area contributed by atoms with Gasteiger partial charge in [-0.2, -0.15) is 18.1 Å². The fourth-order valence-electron chi connectivity index (χ4n) is 2.33. The number of rotatable bonds is 2. The summed E-state index contributed by atoms with van der Waals surface area (Å²) in [5, 5.41) is 0. The SMILES string of the molecule is C[CH-]c1ccccc1C1=CC(C)=CC1.[NH-]c1ccccc1.[Ti+2]. The van der Waals surface area contributed by atoms with E-state index in [9.17, 15) is 0 Å². The predicted octanol–water partition coefficient (Wildman–Crippen LogP) is 6.36. The molecule has 1 N–H and O–H groups in total. The molecule has 0 atom stereocenters. The quantitative estimate of drug-likeness (QED) is 0.453. The number of hydrogen-bond acceptors (Lipinski definition) is 0. The van der Waals surface area contributed by atoms with E-state index in [0.717, 1.165) is 6.42 Å². The second-order valence-electron chi connectivity index (χ2n) is 5.06. The summed E-state index contributed by atoms with van der Waals surface area (Å²) in [4.78, 5) is 0. The Hall–Kier alpha value is -1.70. The molecule has 0 aromatic heterocycles. The van der Waals surface area contributed by atoms with Crippen molar-refractivity contribution in [3.05, 3.63) is 95.6 Å². The average Bonchev–Trinajstić information content (AvgIpc) is 2.95. The maximum absolute atomic E-state index is 7.00. The maximum atomic E-state index is 7.00. The van der Waals surface area contributed by atoms with E-state index >= 15 is 0 Å². The smallest absolute Gasteiger partial charge is 0.699 e. The third-order valence-electron chi connectivity index (χ3n) is 3.44. The molecular formula is C20H21NTi. The Balaban J connectivity index is 0.000000258. The molecule has 0 bridgehead atoms. The molecule has 22 heavy (non-hydrogen) atoms. The van der Waals surface area contributed by atoms with Crippen molar-refractivity contribution in [3.63, 3.8) is 0 Å². The monoisotopic (exact) mass is 323 g/mol. The van der Waals surface area contributed by atoms with Gasteiger partial charge in [-0.05, 0) is 13.3 Å². The van der Waals surface area contributed by atoms with Crippen molar-refractivity contribution in [3.8, 4) is 0 Å². The minimum atomic E-state index is 0. The second kappa shape index (κ2) is 9.35. The van der Waals surface area contributed by atoms with E-state index in [4.69, 9.17) is 5.73 Å². The minimum Gasteiger partial charge on any atom is -0.699 e. The van der Waals surface area contributed by atoms with Gasteiger partial charge in [0.1, 0.15) is 0 Å². The van der Waals surface area contributed by atoms with Crippen molar-refractivity contribution in [2.45, 2.75) is 20.3 Å². The second-order valence-corrected chi connectivity index (χ2v) is 5.06. The van der Waals surface area contributed by atoms with Crippen LogP contribution >= 0.6 is 0 Å². The Bertz CT molecular complexity index is 642. The van der Waals surface area contributed by atoms with Crippen LogP contribution < -0.4 is 0 Å². The van der Waals surface area contributed by atoms with E-state index in [-0.39, 0.29) is 21.7 Å². The summed E-state index contributed by atoms with van der Waals surface area (Å²) < 4.78 is 0. The molecule has 2 aromatic rings. The molecule has 2 aromatic carbocycles. The molecule has 0 saturated heterocycles. The van der Waals surface area contributed by atoms with E-state index in [1.165, 1.54) is 22.3 Å². The molecule has 0 aliphatic heterocycles. The standard InChI is InChI=1S/C14H15.C6H6N.Ti/c1-3-12-6-4-5-7-14(12)13-9-8-11(2)10-13;7-6-4-2-1-3-5-6;/h3-8,10H,9H2,1-2H3;1-5,7H;/q2*-1;+2. The Morgan fingerprint density at radius 3 is 2.09 bits per heavy atom. The van der Waals surface area contributed by atoms with Crippen LogP contribution in [0.25, 0.3) is 11.3 Å². The molecule has 0 heterocycles. The zero-order chi connectivity index (χ0) is 15.1. The van der Waals surface area contributed by atoms with Gasteiger partial charge in [-0.15, -0.1) is 23.4 Å². The van der Waals surface area contributed by atoms with Crippen LogP contribution in [-0.4, -0.2) is 0 Å². The van der Waals surface area contributed by atoms with Gasteiger partial charge in [0.25, 0.3) is 0 Å². The Kier molecular flexibility index (Phi) is 7.80. The zero-order valence-corrected chi connectivity index (χ0v) is 14.7. The molecule has 0 unspecified atom stereocenters. The molecule has 3 rings (SSSR count). The van der Waals surface area contributed by atoms with Crippen molar-refractivity contribution in [1.29, 1.82) is 0 Å². The first-order valence-electron chi connectivity index (χ1n) is 7.23. The zero-order valence-electron chi connectivity index (χ0n) is 13.1. The fraction of sp³-hybridized carbons (Fsp3) is 0.150. The summed E-state index contributed by atoms with van der Waals surface area (Å²) in [6.45, 7) is 4.25. The molecule has 0 radical (unpaired) electrons. The first-order valence-corrected chi connectivity index (χ1v) is 7.23. The van der Waals surface area contributed by atoms with Crippen LogP contribution in [0, 0.1) is 6.42 Å². The Labute approximate surface area is 148 Å². The molecular weight excluding hydrogens is 302 g/mol. The molecule has 1 nitrogen and oxygen atoms in total. The number of nitrogens with one attached hydrogen (secondary N) is 1. The maximum Gasteiger partial charge on any atom is 2.00 e. The molecule has 1 aliphatic carbocycles. The van der Waals surface area contributed by atoms with Crippen molar-refractivity contribution in [1.82, 2.24) is 0 Å². The number of allylic oxidation sites excluding steroid dienone is 4. The molecule has 0 amide bonds. The molecule has 0 fully saturated rings. The van der Waals surface area contributed by atoms with E-state index in [2.05, 4.69) is 56.7 Å². The van der Waals surface area contributed by atoms with Gasteiger partial charge >= 0.3 is 21.7 Å². The predicted molar refractivity (Wildman–Crippen MR) is 92.3 cm³/mol. The fourth-order valence-corrected chi connectivity index (χ4v) is 2.33. The van der Waals surface area contributed by atoms with Crippen LogP contribution in [0.4, 0.5) is 5.69 Å². The van der Waals surface area contributed by atoms with Gasteiger partial charge in [-0.3, -0.25) is 0 Å².